The molecule has 0 fully saturated rings. The van der Waals surface area contributed by atoms with E-state index in [2.05, 4.69) is 17.5 Å². The minimum atomic E-state index is -0.674. The Balaban J connectivity index is 1.74. The number of furan rings is 1. The average Bonchev–Trinajstić information content (AvgIpc) is 3.18. The summed E-state index contributed by atoms with van der Waals surface area (Å²) < 4.78 is 17.0. The van der Waals surface area contributed by atoms with Gasteiger partial charge in [0.1, 0.15) is 29.3 Å². The van der Waals surface area contributed by atoms with E-state index in [1.807, 2.05) is 24.3 Å². The number of aromatic nitrogens is 1. The van der Waals surface area contributed by atoms with Gasteiger partial charge in [-0.15, -0.1) is 6.42 Å². The largest absolute Gasteiger partial charge is 0.489 e. The maximum atomic E-state index is 12.0. The fraction of sp³-hybridized carbons (Fsp3) is 0.200. The number of hydrogen-bond donors (Lipinski definition) is 1. The van der Waals surface area contributed by atoms with Gasteiger partial charge in [0.2, 0.25) is 0 Å². The Morgan fingerprint density at radius 3 is 2.81 bits per heavy atom. The molecule has 0 unspecified atom stereocenters. The molecule has 1 aromatic carbocycles. The van der Waals surface area contributed by atoms with E-state index in [0.717, 1.165) is 16.0 Å². The molecule has 0 bridgehead atoms. The van der Waals surface area contributed by atoms with Gasteiger partial charge in [0, 0.05) is 35.1 Å². The summed E-state index contributed by atoms with van der Waals surface area (Å²) in [5.41, 5.74) is 2.10. The minimum Gasteiger partial charge on any atom is -0.489 e. The molecule has 0 saturated carbocycles. The van der Waals surface area contributed by atoms with Gasteiger partial charge in [-0.2, -0.15) is 0 Å². The highest BCUT2D eigenvalue weighted by Crippen LogP contribution is 2.31. The lowest BCUT2D eigenvalue weighted by Gasteiger charge is -2.22. The molecule has 0 atom stereocenters. The van der Waals surface area contributed by atoms with E-state index in [1.54, 1.807) is 45.3 Å². The van der Waals surface area contributed by atoms with E-state index in [9.17, 15) is 4.79 Å². The van der Waals surface area contributed by atoms with Gasteiger partial charge in [-0.3, -0.25) is 4.98 Å². The third-order valence-corrected chi connectivity index (χ3v) is 4.31. The summed E-state index contributed by atoms with van der Waals surface area (Å²) in [5, 5.41) is 1.73. The Kier molecular flexibility index (Phi) is 6.67. The number of ether oxygens (including phenoxy) is 2. The standard InChI is InChI=1S/C25H25N3O4/c1-6-17(15-28(26)24(29)32-25(3,4)5)16-30-20-8-9-22-19(12-20)13-23(31-22)21-10-11-27-14-18(21)7-2/h2,6,8-15H,1,16,26H2,3-5H3/b17-15+. The Hall–Kier alpha value is -4.02. The van der Waals surface area contributed by atoms with E-state index in [1.165, 1.54) is 6.20 Å². The average molecular weight is 431 g/mol. The van der Waals surface area contributed by atoms with Crippen molar-refractivity contribution in [1.82, 2.24) is 9.99 Å². The van der Waals surface area contributed by atoms with Gasteiger partial charge in [-0.05, 0) is 51.1 Å². The lowest BCUT2D eigenvalue weighted by atomic mass is 10.1. The molecule has 0 aliphatic rings. The quantitative estimate of drug-likeness (QED) is 0.193. The first-order valence-electron chi connectivity index (χ1n) is 9.87. The van der Waals surface area contributed by atoms with Crippen molar-refractivity contribution in [3.05, 3.63) is 72.7 Å². The van der Waals surface area contributed by atoms with Crippen molar-refractivity contribution < 1.29 is 18.7 Å². The second kappa shape index (κ2) is 9.41. The van der Waals surface area contributed by atoms with Crippen molar-refractivity contribution in [2.75, 3.05) is 6.61 Å². The third-order valence-electron chi connectivity index (χ3n) is 4.31. The molecule has 1 amide bonds. The van der Waals surface area contributed by atoms with E-state index in [4.69, 9.17) is 26.2 Å². The van der Waals surface area contributed by atoms with Crippen molar-refractivity contribution in [3.63, 3.8) is 0 Å². The summed E-state index contributed by atoms with van der Waals surface area (Å²) in [7, 11) is 0. The zero-order chi connectivity index (χ0) is 23.3. The van der Waals surface area contributed by atoms with Crippen molar-refractivity contribution in [2.45, 2.75) is 26.4 Å². The van der Waals surface area contributed by atoms with Crippen LogP contribution in [-0.2, 0) is 4.74 Å². The van der Waals surface area contributed by atoms with E-state index >= 15 is 0 Å². The van der Waals surface area contributed by atoms with Crippen LogP contribution >= 0.6 is 0 Å². The zero-order valence-electron chi connectivity index (χ0n) is 18.3. The van der Waals surface area contributed by atoms with Gasteiger partial charge in [0.15, 0.2) is 0 Å². The summed E-state index contributed by atoms with van der Waals surface area (Å²) in [4.78, 5) is 16.1. The Bertz CT molecular complexity index is 1210. The number of nitrogens with two attached hydrogens (primary N) is 1. The number of hydrogen-bond acceptors (Lipinski definition) is 6. The van der Waals surface area contributed by atoms with Crippen LogP contribution < -0.4 is 10.6 Å². The first kappa shape index (κ1) is 22.7. The molecule has 0 aliphatic carbocycles. The molecule has 2 aromatic heterocycles. The van der Waals surface area contributed by atoms with Gasteiger partial charge in [-0.1, -0.05) is 18.6 Å². The first-order valence-corrected chi connectivity index (χ1v) is 9.87. The monoisotopic (exact) mass is 431 g/mol. The zero-order valence-corrected chi connectivity index (χ0v) is 18.3. The number of carbonyl (C=O) groups is 1. The number of fused-ring (bicyclic) bond motifs is 1. The number of nitrogens with zero attached hydrogens (tertiary/aromatic N) is 2. The van der Waals surface area contributed by atoms with Crippen molar-refractivity contribution in [3.8, 4) is 29.4 Å². The predicted molar refractivity (Wildman–Crippen MR) is 123 cm³/mol. The molecule has 2 N–H and O–H groups in total. The van der Waals surface area contributed by atoms with E-state index in [-0.39, 0.29) is 6.61 Å². The molecular formula is C25H25N3O4. The van der Waals surface area contributed by atoms with Gasteiger partial charge in [-0.25, -0.2) is 15.6 Å². The number of carbonyl (C=O) groups excluding carboxylic acids is 1. The summed E-state index contributed by atoms with van der Waals surface area (Å²) >= 11 is 0. The Labute approximate surface area is 187 Å². The van der Waals surface area contributed by atoms with Crippen molar-refractivity contribution >= 4 is 17.1 Å². The highest BCUT2D eigenvalue weighted by Gasteiger charge is 2.19. The molecule has 0 spiro atoms. The summed E-state index contributed by atoms with van der Waals surface area (Å²) in [6.45, 7) is 9.19. The number of rotatable bonds is 6. The van der Waals surface area contributed by atoms with Crippen LogP contribution in [0.2, 0.25) is 0 Å². The predicted octanol–water partition coefficient (Wildman–Crippen LogP) is 5.04. The normalized spacial score (nSPS) is 11.7. The van der Waals surface area contributed by atoms with Crippen LogP contribution in [0.4, 0.5) is 4.79 Å². The second-order valence-corrected chi connectivity index (χ2v) is 7.96. The van der Waals surface area contributed by atoms with Gasteiger partial charge >= 0.3 is 6.09 Å². The highest BCUT2D eigenvalue weighted by atomic mass is 16.6. The number of benzene rings is 1. The molecular weight excluding hydrogens is 406 g/mol. The lowest BCUT2D eigenvalue weighted by Crippen LogP contribution is -2.38. The minimum absolute atomic E-state index is 0.155. The molecule has 0 saturated heterocycles. The van der Waals surface area contributed by atoms with Crippen LogP contribution in [0.25, 0.3) is 22.3 Å². The molecule has 164 valence electrons. The fourth-order valence-electron chi connectivity index (χ4n) is 2.83. The summed E-state index contributed by atoms with van der Waals surface area (Å²) in [6, 6.07) is 9.17. The summed E-state index contributed by atoms with van der Waals surface area (Å²) in [5.74, 6) is 9.65. The Morgan fingerprint density at radius 2 is 2.12 bits per heavy atom. The van der Waals surface area contributed by atoms with Crippen LogP contribution in [0.5, 0.6) is 5.75 Å². The molecule has 7 nitrogen and oxygen atoms in total. The number of hydrazine groups is 1. The highest BCUT2D eigenvalue weighted by molar-refractivity contribution is 5.85. The van der Waals surface area contributed by atoms with Crippen LogP contribution in [0, 0.1) is 12.3 Å². The molecule has 0 radical (unpaired) electrons. The SMILES string of the molecule is C#Cc1cnccc1-c1cc2cc(OC/C(C=C)=C/N(N)C(=O)OC(C)(C)C)ccc2o1. The second-order valence-electron chi connectivity index (χ2n) is 7.96. The van der Waals surface area contributed by atoms with E-state index < -0.39 is 11.7 Å². The lowest BCUT2D eigenvalue weighted by molar-refractivity contribution is 0.0332. The molecule has 3 aromatic rings. The van der Waals surface area contributed by atoms with Gasteiger partial charge < -0.3 is 13.9 Å². The van der Waals surface area contributed by atoms with Crippen LogP contribution in [-0.4, -0.2) is 28.3 Å². The maximum Gasteiger partial charge on any atom is 0.428 e. The van der Waals surface area contributed by atoms with Crippen LogP contribution in [0.1, 0.15) is 26.3 Å². The Morgan fingerprint density at radius 1 is 1.34 bits per heavy atom. The smallest absolute Gasteiger partial charge is 0.428 e. The number of pyridine rings is 1. The maximum absolute atomic E-state index is 12.0. The molecule has 3 rings (SSSR count). The number of amides is 1. The van der Waals surface area contributed by atoms with Crippen LogP contribution in [0.3, 0.4) is 0 Å². The fourth-order valence-corrected chi connectivity index (χ4v) is 2.83. The van der Waals surface area contributed by atoms with Gasteiger partial charge in [0.25, 0.3) is 0 Å². The molecule has 0 aliphatic heterocycles. The molecule has 32 heavy (non-hydrogen) atoms. The topological polar surface area (TPSA) is 90.8 Å². The van der Waals surface area contributed by atoms with E-state index in [0.29, 0.717) is 28.2 Å². The molecule has 7 heteroatoms. The summed E-state index contributed by atoms with van der Waals surface area (Å²) in [6.07, 6.45) is 11.2. The third kappa shape index (κ3) is 5.56. The van der Waals surface area contributed by atoms with Crippen molar-refractivity contribution in [2.24, 2.45) is 5.84 Å². The number of terminal acetylenes is 1. The van der Waals surface area contributed by atoms with Crippen LogP contribution in [0.15, 0.2) is 71.6 Å². The molecule has 2 heterocycles. The van der Waals surface area contributed by atoms with Crippen molar-refractivity contribution in [1.29, 1.82) is 0 Å². The van der Waals surface area contributed by atoms with Gasteiger partial charge in [0.05, 0.1) is 5.56 Å². The first-order chi connectivity index (χ1) is 15.2.